The van der Waals surface area contributed by atoms with Crippen LogP contribution in [-0.4, -0.2) is 10.8 Å². The molecule has 2 aromatic carbocycles. The molecule has 0 atom stereocenters. The average Bonchev–Trinajstić information content (AvgIpc) is 2.64. The number of amides is 1. The molecule has 0 bridgehead atoms. The lowest BCUT2D eigenvalue weighted by atomic mass is 10.0. The molecule has 25 heavy (non-hydrogen) atoms. The Morgan fingerprint density at radius 1 is 1.12 bits per heavy atom. The smallest absolute Gasteiger partial charge is 0.270 e. The minimum Gasteiger partial charge on any atom is -0.348 e. The Bertz CT molecular complexity index is 797. The summed E-state index contributed by atoms with van der Waals surface area (Å²) in [7, 11) is 0. The quantitative estimate of drug-likeness (QED) is 0.470. The van der Waals surface area contributed by atoms with E-state index in [0.29, 0.717) is 12.1 Å². The number of hydrogen-bond donors (Lipinski definition) is 1. The molecule has 0 saturated carbocycles. The molecule has 1 N–H and O–H groups in total. The molecule has 0 radical (unpaired) electrons. The summed E-state index contributed by atoms with van der Waals surface area (Å²) in [6.07, 6.45) is 4.84. The first-order chi connectivity index (χ1) is 12.0. The lowest BCUT2D eigenvalue weighted by Crippen LogP contribution is -2.21. The van der Waals surface area contributed by atoms with Crippen molar-refractivity contribution in [1.29, 1.82) is 0 Å². The van der Waals surface area contributed by atoms with Crippen LogP contribution in [0.2, 0.25) is 0 Å². The lowest BCUT2D eigenvalue weighted by Gasteiger charge is -2.10. The number of nitrogens with one attached hydrogen (secondary N) is 1. The maximum Gasteiger partial charge on any atom is 0.270 e. The van der Waals surface area contributed by atoms with Crippen molar-refractivity contribution in [1.82, 2.24) is 5.32 Å². The molecule has 2 rings (SSSR count). The van der Waals surface area contributed by atoms with Crippen molar-refractivity contribution in [3.05, 3.63) is 80.9 Å². The minimum absolute atomic E-state index is 0.00604. The lowest BCUT2D eigenvalue weighted by molar-refractivity contribution is -0.384. The molecule has 0 aliphatic rings. The fourth-order valence-corrected chi connectivity index (χ4v) is 2.56. The van der Waals surface area contributed by atoms with Crippen molar-refractivity contribution in [2.45, 2.75) is 33.2 Å². The van der Waals surface area contributed by atoms with E-state index in [9.17, 15) is 14.9 Å². The summed E-state index contributed by atoms with van der Waals surface area (Å²) in [6, 6.07) is 12.5. The zero-order valence-corrected chi connectivity index (χ0v) is 14.5. The molecule has 0 heterocycles. The number of benzene rings is 2. The van der Waals surface area contributed by atoms with Gasteiger partial charge in [0.05, 0.1) is 4.92 Å². The number of rotatable bonds is 7. The van der Waals surface area contributed by atoms with Gasteiger partial charge in [0.2, 0.25) is 5.91 Å². The molecular formula is C20H22N2O3. The van der Waals surface area contributed by atoms with Crippen LogP contribution in [0, 0.1) is 10.1 Å². The molecular weight excluding hydrogens is 316 g/mol. The largest absolute Gasteiger partial charge is 0.348 e. The zero-order chi connectivity index (χ0) is 18.2. The standard InChI is InChI=1S/C20H22N2O3/c1-3-15-8-10-17(4-2)18(12-15)14-21-20(23)11-9-16-6-5-7-19(13-16)22(24)25/h5-13H,3-4,14H2,1-2H3,(H,21,23)/b11-9+. The van der Waals surface area contributed by atoms with Gasteiger partial charge in [-0.05, 0) is 41.2 Å². The Hall–Kier alpha value is -2.95. The predicted octanol–water partition coefficient (Wildman–Crippen LogP) is 4.05. The summed E-state index contributed by atoms with van der Waals surface area (Å²) in [5, 5.41) is 13.6. The van der Waals surface area contributed by atoms with Crippen LogP contribution in [0.3, 0.4) is 0 Å². The summed E-state index contributed by atoms with van der Waals surface area (Å²) in [6.45, 7) is 4.66. The third-order valence-corrected chi connectivity index (χ3v) is 4.02. The molecule has 0 spiro atoms. The van der Waals surface area contributed by atoms with Gasteiger partial charge in [0.1, 0.15) is 0 Å². The number of nitrogens with zero attached hydrogens (tertiary/aromatic N) is 1. The van der Waals surface area contributed by atoms with Crippen LogP contribution in [0.4, 0.5) is 5.69 Å². The highest BCUT2D eigenvalue weighted by atomic mass is 16.6. The first-order valence-electron chi connectivity index (χ1n) is 8.34. The zero-order valence-electron chi connectivity index (χ0n) is 14.5. The van der Waals surface area contributed by atoms with Crippen molar-refractivity contribution in [3.8, 4) is 0 Å². The van der Waals surface area contributed by atoms with Crippen molar-refractivity contribution in [3.63, 3.8) is 0 Å². The summed E-state index contributed by atoms with van der Waals surface area (Å²) in [5.74, 6) is -0.226. The van der Waals surface area contributed by atoms with E-state index in [0.717, 1.165) is 18.4 Å². The van der Waals surface area contributed by atoms with Crippen LogP contribution in [-0.2, 0) is 24.2 Å². The number of non-ortho nitro benzene ring substituents is 1. The number of nitro benzene ring substituents is 1. The summed E-state index contributed by atoms with van der Waals surface area (Å²) in [5.41, 5.74) is 4.21. The van der Waals surface area contributed by atoms with E-state index in [1.54, 1.807) is 18.2 Å². The van der Waals surface area contributed by atoms with Gasteiger partial charge in [-0.2, -0.15) is 0 Å². The second-order valence-electron chi connectivity index (χ2n) is 5.71. The van der Waals surface area contributed by atoms with Gasteiger partial charge in [-0.15, -0.1) is 0 Å². The summed E-state index contributed by atoms with van der Waals surface area (Å²) >= 11 is 0. The number of aryl methyl sites for hydroxylation is 2. The van der Waals surface area contributed by atoms with Crippen LogP contribution in [0.15, 0.2) is 48.5 Å². The van der Waals surface area contributed by atoms with Crippen molar-refractivity contribution >= 4 is 17.7 Å². The molecule has 130 valence electrons. The fourth-order valence-electron chi connectivity index (χ4n) is 2.56. The van der Waals surface area contributed by atoms with E-state index < -0.39 is 4.92 Å². The van der Waals surface area contributed by atoms with Crippen LogP contribution in [0.1, 0.15) is 36.1 Å². The van der Waals surface area contributed by atoms with Gasteiger partial charge in [-0.25, -0.2) is 0 Å². The Morgan fingerprint density at radius 3 is 2.60 bits per heavy atom. The van der Waals surface area contributed by atoms with Gasteiger partial charge in [-0.1, -0.05) is 44.2 Å². The maximum absolute atomic E-state index is 12.0. The van der Waals surface area contributed by atoms with Crippen LogP contribution in [0.5, 0.6) is 0 Å². The van der Waals surface area contributed by atoms with E-state index in [1.165, 1.54) is 29.3 Å². The molecule has 0 aromatic heterocycles. The molecule has 0 aliphatic heterocycles. The Labute approximate surface area is 147 Å². The second-order valence-corrected chi connectivity index (χ2v) is 5.71. The SMILES string of the molecule is CCc1ccc(CC)c(CNC(=O)/C=C/c2cccc([N+](=O)[O-])c2)c1. The highest BCUT2D eigenvalue weighted by Crippen LogP contribution is 2.15. The minimum atomic E-state index is -0.454. The molecule has 5 nitrogen and oxygen atoms in total. The van der Waals surface area contributed by atoms with Gasteiger partial charge >= 0.3 is 0 Å². The van der Waals surface area contributed by atoms with E-state index in [2.05, 4.69) is 37.4 Å². The third kappa shape index (κ3) is 5.28. The van der Waals surface area contributed by atoms with E-state index >= 15 is 0 Å². The maximum atomic E-state index is 12.0. The number of carbonyl (C=O) groups is 1. The molecule has 0 unspecified atom stereocenters. The molecule has 5 heteroatoms. The van der Waals surface area contributed by atoms with E-state index in [4.69, 9.17) is 0 Å². The molecule has 0 aliphatic carbocycles. The first kappa shape index (κ1) is 18.4. The Kier molecular flexibility index (Phi) is 6.46. The van der Waals surface area contributed by atoms with Crippen molar-refractivity contribution in [2.75, 3.05) is 0 Å². The van der Waals surface area contributed by atoms with Crippen molar-refractivity contribution in [2.24, 2.45) is 0 Å². The monoisotopic (exact) mass is 338 g/mol. The van der Waals surface area contributed by atoms with Crippen LogP contribution < -0.4 is 5.32 Å². The van der Waals surface area contributed by atoms with Gasteiger partial charge in [0.15, 0.2) is 0 Å². The van der Waals surface area contributed by atoms with Gasteiger partial charge < -0.3 is 5.32 Å². The Morgan fingerprint density at radius 2 is 1.92 bits per heavy atom. The van der Waals surface area contributed by atoms with Crippen LogP contribution >= 0.6 is 0 Å². The topological polar surface area (TPSA) is 72.2 Å². The number of hydrogen-bond acceptors (Lipinski definition) is 3. The van der Waals surface area contributed by atoms with Gasteiger partial charge in [0, 0.05) is 24.8 Å². The predicted molar refractivity (Wildman–Crippen MR) is 99.2 cm³/mol. The third-order valence-electron chi connectivity index (χ3n) is 4.02. The number of carbonyl (C=O) groups excluding carboxylic acids is 1. The van der Waals surface area contributed by atoms with Crippen LogP contribution in [0.25, 0.3) is 6.08 Å². The Balaban J connectivity index is 2.01. The normalized spacial score (nSPS) is 10.8. The second kappa shape index (κ2) is 8.78. The summed E-state index contributed by atoms with van der Waals surface area (Å²) < 4.78 is 0. The highest BCUT2D eigenvalue weighted by Gasteiger charge is 2.05. The average molecular weight is 338 g/mol. The van der Waals surface area contributed by atoms with E-state index in [-0.39, 0.29) is 11.6 Å². The molecule has 1 amide bonds. The number of nitro groups is 1. The van der Waals surface area contributed by atoms with Gasteiger partial charge in [0.25, 0.3) is 5.69 Å². The summed E-state index contributed by atoms with van der Waals surface area (Å²) in [4.78, 5) is 22.3. The van der Waals surface area contributed by atoms with Crippen molar-refractivity contribution < 1.29 is 9.72 Å². The highest BCUT2D eigenvalue weighted by molar-refractivity contribution is 5.91. The molecule has 0 fully saturated rings. The fraction of sp³-hybridized carbons (Fsp3) is 0.250. The first-order valence-corrected chi connectivity index (χ1v) is 8.34. The molecule has 2 aromatic rings. The van der Waals surface area contributed by atoms with E-state index in [1.807, 2.05) is 0 Å². The molecule has 0 saturated heterocycles. The van der Waals surface area contributed by atoms with Gasteiger partial charge in [-0.3, -0.25) is 14.9 Å².